The average molecular weight is 269 g/mol. The van der Waals surface area contributed by atoms with Gasteiger partial charge in [-0.15, -0.1) is 0 Å². The Bertz CT molecular complexity index is 321. The monoisotopic (exact) mass is 269 g/mol. The zero-order valence-electron chi connectivity index (χ0n) is 12.2. The summed E-state index contributed by atoms with van der Waals surface area (Å²) in [6.07, 6.45) is 7.57. The van der Waals surface area contributed by atoms with Gasteiger partial charge in [0.2, 0.25) is 0 Å². The van der Waals surface area contributed by atoms with Gasteiger partial charge in [-0.1, -0.05) is 19.8 Å². The van der Waals surface area contributed by atoms with E-state index in [2.05, 4.69) is 4.90 Å². The molecule has 4 heteroatoms. The summed E-state index contributed by atoms with van der Waals surface area (Å²) in [6, 6.07) is 0.421. The van der Waals surface area contributed by atoms with Gasteiger partial charge >= 0.3 is 5.97 Å². The van der Waals surface area contributed by atoms with E-state index in [1.807, 2.05) is 6.92 Å². The molecule has 4 nitrogen and oxygen atoms in total. The zero-order valence-corrected chi connectivity index (χ0v) is 12.2. The molecule has 3 unspecified atom stereocenters. The summed E-state index contributed by atoms with van der Waals surface area (Å²) in [6.45, 7) is 3.73. The molecule has 1 N–H and O–H groups in total. The number of nitrogens with zero attached hydrogens (tertiary/aromatic N) is 1. The van der Waals surface area contributed by atoms with Crippen LogP contribution in [0.2, 0.25) is 0 Å². The van der Waals surface area contributed by atoms with Crippen LogP contribution in [0.5, 0.6) is 0 Å². The van der Waals surface area contributed by atoms with Crippen molar-refractivity contribution in [3.63, 3.8) is 0 Å². The Balaban J connectivity index is 2.09. The third-order valence-electron chi connectivity index (χ3n) is 5.18. The molecule has 2 aliphatic rings. The number of hydrogen-bond donors (Lipinski definition) is 1. The standard InChI is InChI=1S/C15H27NO3/c1-3-15(14(17)18)9-6-10-16(11-15)12-7-4-5-8-13(12)19-2/h12-13H,3-11H2,1-2H3,(H,17,18). The summed E-state index contributed by atoms with van der Waals surface area (Å²) in [5.41, 5.74) is -0.534. The molecule has 1 aliphatic heterocycles. The summed E-state index contributed by atoms with van der Waals surface area (Å²) >= 11 is 0. The molecule has 2 rings (SSSR count). The third-order valence-corrected chi connectivity index (χ3v) is 5.18. The van der Waals surface area contributed by atoms with Crippen molar-refractivity contribution >= 4 is 5.97 Å². The van der Waals surface area contributed by atoms with Gasteiger partial charge in [0.25, 0.3) is 0 Å². The first-order valence-corrected chi connectivity index (χ1v) is 7.63. The molecule has 0 aromatic rings. The summed E-state index contributed by atoms with van der Waals surface area (Å²) in [5, 5.41) is 9.57. The summed E-state index contributed by atoms with van der Waals surface area (Å²) in [5.74, 6) is -0.621. The maximum Gasteiger partial charge on any atom is 0.310 e. The molecule has 0 radical (unpaired) electrons. The highest BCUT2D eigenvalue weighted by Crippen LogP contribution is 2.37. The van der Waals surface area contributed by atoms with Crippen LogP contribution in [-0.2, 0) is 9.53 Å². The van der Waals surface area contributed by atoms with Crippen LogP contribution in [-0.4, -0.2) is 48.3 Å². The van der Waals surface area contributed by atoms with E-state index in [1.165, 1.54) is 12.8 Å². The fourth-order valence-corrected chi connectivity index (χ4v) is 3.83. The minimum atomic E-state index is -0.621. The molecular weight excluding hydrogens is 242 g/mol. The number of carboxylic acids is 1. The Kier molecular flexibility index (Phi) is 4.85. The van der Waals surface area contributed by atoms with Gasteiger partial charge in [-0.3, -0.25) is 9.69 Å². The van der Waals surface area contributed by atoms with Crippen LogP contribution in [0.3, 0.4) is 0 Å². The van der Waals surface area contributed by atoms with Gasteiger partial charge in [-0.25, -0.2) is 0 Å². The van der Waals surface area contributed by atoms with Gasteiger partial charge in [-0.05, 0) is 38.6 Å². The van der Waals surface area contributed by atoms with E-state index < -0.39 is 11.4 Å². The van der Waals surface area contributed by atoms with Crippen molar-refractivity contribution in [3.05, 3.63) is 0 Å². The van der Waals surface area contributed by atoms with Crippen LogP contribution in [0.15, 0.2) is 0 Å². The van der Waals surface area contributed by atoms with Crippen LogP contribution in [0, 0.1) is 5.41 Å². The lowest BCUT2D eigenvalue weighted by Gasteiger charge is -2.46. The maximum atomic E-state index is 11.6. The first-order valence-electron chi connectivity index (χ1n) is 7.63. The molecule has 0 aromatic carbocycles. The minimum Gasteiger partial charge on any atom is -0.481 e. The van der Waals surface area contributed by atoms with Gasteiger partial charge in [0.15, 0.2) is 0 Å². The molecule has 0 spiro atoms. The number of likely N-dealkylation sites (tertiary alicyclic amines) is 1. The Morgan fingerprint density at radius 2 is 2.11 bits per heavy atom. The Morgan fingerprint density at radius 1 is 1.37 bits per heavy atom. The number of rotatable bonds is 4. The van der Waals surface area contributed by atoms with Crippen LogP contribution in [0.25, 0.3) is 0 Å². The highest BCUT2D eigenvalue weighted by molar-refractivity contribution is 5.75. The number of methoxy groups -OCH3 is 1. The number of hydrogen-bond acceptors (Lipinski definition) is 3. The summed E-state index contributed by atoms with van der Waals surface area (Å²) in [4.78, 5) is 14.0. The number of aliphatic carboxylic acids is 1. The summed E-state index contributed by atoms with van der Waals surface area (Å²) < 4.78 is 5.63. The minimum absolute atomic E-state index is 0.287. The molecule has 110 valence electrons. The van der Waals surface area contributed by atoms with Crippen molar-refractivity contribution in [2.45, 2.75) is 64.0 Å². The Hall–Kier alpha value is -0.610. The molecular formula is C15H27NO3. The zero-order chi connectivity index (χ0) is 13.9. The molecule has 0 aromatic heterocycles. The van der Waals surface area contributed by atoms with E-state index in [9.17, 15) is 9.90 Å². The predicted octanol–water partition coefficient (Wildman–Crippen LogP) is 2.52. The first kappa shape index (κ1) is 14.8. The smallest absolute Gasteiger partial charge is 0.310 e. The van der Waals surface area contributed by atoms with E-state index in [0.29, 0.717) is 12.6 Å². The average Bonchev–Trinajstić information content (AvgIpc) is 2.47. The molecule has 3 atom stereocenters. The van der Waals surface area contributed by atoms with Gasteiger partial charge in [0, 0.05) is 19.7 Å². The second-order valence-corrected chi connectivity index (χ2v) is 6.14. The van der Waals surface area contributed by atoms with Crippen molar-refractivity contribution < 1.29 is 14.6 Å². The number of carboxylic acid groups (broad SMARTS) is 1. The lowest BCUT2D eigenvalue weighted by Crippen LogP contribution is -2.55. The third kappa shape index (κ3) is 2.95. The molecule has 1 saturated heterocycles. The van der Waals surface area contributed by atoms with E-state index in [-0.39, 0.29) is 6.10 Å². The highest BCUT2D eigenvalue weighted by Gasteiger charge is 2.43. The van der Waals surface area contributed by atoms with Gasteiger partial charge in [0.05, 0.1) is 11.5 Å². The fraction of sp³-hybridized carbons (Fsp3) is 0.933. The quantitative estimate of drug-likeness (QED) is 0.852. The molecule has 19 heavy (non-hydrogen) atoms. The van der Waals surface area contributed by atoms with Gasteiger partial charge in [-0.2, -0.15) is 0 Å². The fourth-order valence-electron chi connectivity index (χ4n) is 3.83. The SMILES string of the molecule is CCC1(C(=O)O)CCCN(C2CCCCC2OC)C1. The van der Waals surface area contributed by atoms with Crippen molar-refractivity contribution in [2.24, 2.45) is 5.41 Å². The first-order chi connectivity index (χ1) is 9.13. The lowest BCUT2D eigenvalue weighted by molar-refractivity contribution is -0.155. The Labute approximate surface area is 116 Å². The van der Waals surface area contributed by atoms with Crippen molar-refractivity contribution in [3.8, 4) is 0 Å². The van der Waals surface area contributed by atoms with E-state index in [1.54, 1.807) is 7.11 Å². The van der Waals surface area contributed by atoms with Crippen LogP contribution < -0.4 is 0 Å². The van der Waals surface area contributed by atoms with Crippen molar-refractivity contribution in [1.82, 2.24) is 4.90 Å². The molecule has 1 saturated carbocycles. The molecule has 1 aliphatic carbocycles. The van der Waals surface area contributed by atoms with Crippen LogP contribution in [0.4, 0.5) is 0 Å². The van der Waals surface area contributed by atoms with Crippen molar-refractivity contribution in [1.29, 1.82) is 0 Å². The maximum absolute atomic E-state index is 11.6. The Morgan fingerprint density at radius 3 is 2.74 bits per heavy atom. The predicted molar refractivity (Wildman–Crippen MR) is 74.2 cm³/mol. The molecule has 1 heterocycles. The summed E-state index contributed by atoms with van der Waals surface area (Å²) in [7, 11) is 1.79. The van der Waals surface area contributed by atoms with Crippen molar-refractivity contribution in [2.75, 3.05) is 20.2 Å². The van der Waals surface area contributed by atoms with E-state index >= 15 is 0 Å². The van der Waals surface area contributed by atoms with Crippen LogP contribution >= 0.6 is 0 Å². The van der Waals surface area contributed by atoms with Gasteiger partial charge < -0.3 is 9.84 Å². The van der Waals surface area contributed by atoms with E-state index in [0.717, 1.165) is 38.6 Å². The number of piperidine rings is 1. The highest BCUT2D eigenvalue weighted by atomic mass is 16.5. The topological polar surface area (TPSA) is 49.8 Å². The largest absolute Gasteiger partial charge is 0.481 e. The van der Waals surface area contributed by atoms with Crippen LogP contribution in [0.1, 0.15) is 51.9 Å². The second-order valence-electron chi connectivity index (χ2n) is 6.14. The molecule has 2 fully saturated rings. The number of carbonyl (C=O) groups is 1. The second kappa shape index (κ2) is 6.23. The molecule has 0 bridgehead atoms. The number of ether oxygens (including phenoxy) is 1. The van der Waals surface area contributed by atoms with Gasteiger partial charge in [0.1, 0.15) is 0 Å². The lowest BCUT2D eigenvalue weighted by atomic mass is 9.76. The normalized spacial score (nSPS) is 37.2. The molecule has 0 amide bonds. The van der Waals surface area contributed by atoms with E-state index in [4.69, 9.17) is 4.74 Å².